The van der Waals surface area contributed by atoms with Gasteiger partial charge in [-0.15, -0.1) is 0 Å². The number of anilines is 1. The molecule has 0 saturated carbocycles. The number of aromatic nitrogens is 1. The van der Waals surface area contributed by atoms with Gasteiger partial charge in [-0.25, -0.2) is 9.78 Å². The number of hydrogen-bond acceptors (Lipinski definition) is 6. The lowest BCUT2D eigenvalue weighted by Crippen LogP contribution is -2.04. The summed E-state index contributed by atoms with van der Waals surface area (Å²) in [6, 6.07) is 7.65. The van der Waals surface area contributed by atoms with Crippen molar-refractivity contribution in [2.45, 2.75) is 0 Å². The fourth-order valence-electron chi connectivity index (χ4n) is 1.44. The summed E-state index contributed by atoms with van der Waals surface area (Å²) in [7, 11) is 1.27. The molecule has 2 rings (SSSR count). The van der Waals surface area contributed by atoms with Crippen molar-refractivity contribution in [3.63, 3.8) is 0 Å². The Morgan fingerprint density at radius 2 is 2.16 bits per heavy atom. The van der Waals surface area contributed by atoms with E-state index in [1.807, 2.05) is 0 Å². The highest BCUT2D eigenvalue weighted by atomic mass is 16.5. The van der Waals surface area contributed by atoms with Crippen LogP contribution in [-0.2, 0) is 4.74 Å². The van der Waals surface area contributed by atoms with Gasteiger partial charge in [-0.3, -0.25) is 0 Å². The maximum Gasteiger partial charge on any atom is 0.356 e. The standard InChI is InChI=1S/C13H12N2O4/c1-18-13(17)9-7-8(5-6-15-9)19-11-4-2-3-10(16)12(11)14/h2-7,16H,14H2,1H3. The lowest BCUT2D eigenvalue weighted by atomic mass is 10.2. The SMILES string of the molecule is COC(=O)c1cc(Oc2cccc(O)c2N)ccn1. The van der Waals surface area contributed by atoms with Crippen molar-refractivity contribution in [3.05, 3.63) is 42.2 Å². The molecule has 0 aliphatic heterocycles. The number of benzene rings is 1. The molecule has 0 aliphatic carbocycles. The van der Waals surface area contributed by atoms with Gasteiger partial charge in [0.1, 0.15) is 17.2 Å². The van der Waals surface area contributed by atoms with Crippen LogP contribution in [0.2, 0.25) is 0 Å². The van der Waals surface area contributed by atoms with E-state index < -0.39 is 5.97 Å². The molecule has 3 N–H and O–H groups in total. The molecule has 0 amide bonds. The number of nitrogens with two attached hydrogens (primary N) is 1. The zero-order chi connectivity index (χ0) is 13.8. The summed E-state index contributed by atoms with van der Waals surface area (Å²) in [5, 5.41) is 9.47. The monoisotopic (exact) mass is 260 g/mol. The third-order valence-corrected chi connectivity index (χ3v) is 2.40. The average Bonchev–Trinajstić information content (AvgIpc) is 2.43. The third kappa shape index (κ3) is 2.74. The van der Waals surface area contributed by atoms with Crippen LogP contribution in [-0.4, -0.2) is 23.2 Å². The van der Waals surface area contributed by atoms with Crippen LogP contribution in [0.1, 0.15) is 10.5 Å². The summed E-state index contributed by atoms with van der Waals surface area (Å²) < 4.78 is 10.1. The lowest BCUT2D eigenvalue weighted by molar-refractivity contribution is 0.0593. The zero-order valence-electron chi connectivity index (χ0n) is 10.2. The van der Waals surface area contributed by atoms with Crippen LogP contribution < -0.4 is 10.5 Å². The van der Waals surface area contributed by atoms with Crippen LogP contribution in [0.5, 0.6) is 17.2 Å². The first kappa shape index (κ1) is 12.7. The molecule has 6 heteroatoms. The largest absolute Gasteiger partial charge is 0.506 e. The summed E-state index contributed by atoms with van der Waals surface area (Å²) in [5.41, 5.74) is 5.92. The number of nitrogens with zero attached hydrogens (tertiary/aromatic N) is 1. The molecule has 0 aliphatic rings. The Labute approximate surface area is 109 Å². The predicted octanol–water partition coefficient (Wildman–Crippen LogP) is 1.95. The number of carbonyl (C=O) groups excluding carboxylic acids is 1. The minimum absolute atomic E-state index is 0.0697. The number of phenolic OH excluding ortho intramolecular Hbond substituents is 1. The number of rotatable bonds is 3. The van der Waals surface area contributed by atoms with Crippen molar-refractivity contribution in [3.8, 4) is 17.2 Å². The number of para-hydroxylation sites is 1. The van der Waals surface area contributed by atoms with Gasteiger partial charge in [0.25, 0.3) is 0 Å². The molecular weight excluding hydrogens is 248 g/mol. The fourth-order valence-corrected chi connectivity index (χ4v) is 1.44. The molecule has 0 unspecified atom stereocenters. The number of carbonyl (C=O) groups is 1. The molecule has 19 heavy (non-hydrogen) atoms. The Morgan fingerprint density at radius 1 is 1.37 bits per heavy atom. The van der Waals surface area contributed by atoms with Gasteiger partial charge in [0.15, 0.2) is 11.4 Å². The van der Waals surface area contributed by atoms with E-state index in [0.717, 1.165) is 0 Å². The first-order chi connectivity index (χ1) is 9.11. The van der Waals surface area contributed by atoms with Gasteiger partial charge in [-0.1, -0.05) is 6.07 Å². The minimum atomic E-state index is -0.561. The molecule has 0 fully saturated rings. The Bertz CT molecular complexity index is 613. The topological polar surface area (TPSA) is 94.7 Å². The van der Waals surface area contributed by atoms with Crippen molar-refractivity contribution in [2.24, 2.45) is 0 Å². The molecule has 0 atom stereocenters. The highest BCUT2D eigenvalue weighted by Gasteiger charge is 2.10. The number of nitrogen functional groups attached to an aromatic ring is 1. The maximum absolute atomic E-state index is 11.3. The summed E-state index contributed by atoms with van der Waals surface area (Å²) in [5.74, 6) is 0.0313. The molecule has 1 aromatic heterocycles. The molecule has 1 heterocycles. The van der Waals surface area contributed by atoms with Crippen molar-refractivity contribution >= 4 is 11.7 Å². The fraction of sp³-hybridized carbons (Fsp3) is 0.0769. The van der Waals surface area contributed by atoms with Gasteiger partial charge in [0, 0.05) is 12.3 Å². The molecule has 0 spiro atoms. The van der Waals surface area contributed by atoms with E-state index in [0.29, 0.717) is 11.5 Å². The predicted molar refractivity (Wildman–Crippen MR) is 68.2 cm³/mol. The van der Waals surface area contributed by atoms with Gasteiger partial charge >= 0.3 is 5.97 Å². The van der Waals surface area contributed by atoms with Crippen LogP contribution >= 0.6 is 0 Å². The van der Waals surface area contributed by atoms with Gasteiger partial charge in [-0.2, -0.15) is 0 Å². The normalized spacial score (nSPS) is 9.95. The number of pyridine rings is 1. The molecule has 1 aromatic carbocycles. The summed E-state index contributed by atoms with van der Waals surface area (Å²) in [6.07, 6.45) is 1.42. The van der Waals surface area contributed by atoms with Crippen LogP contribution in [0.4, 0.5) is 5.69 Å². The molecule has 98 valence electrons. The van der Waals surface area contributed by atoms with Gasteiger partial charge in [-0.05, 0) is 18.2 Å². The minimum Gasteiger partial charge on any atom is -0.506 e. The van der Waals surface area contributed by atoms with Crippen LogP contribution in [0, 0.1) is 0 Å². The van der Waals surface area contributed by atoms with Crippen LogP contribution in [0.25, 0.3) is 0 Å². The lowest BCUT2D eigenvalue weighted by Gasteiger charge is -2.09. The van der Waals surface area contributed by atoms with Gasteiger partial charge < -0.3 is 20.3 Å². The van der Waals surface area contributed by atoms with E-state index in [4.69, 9.17) is 10.5 Å². The van der Waals surface area contributed by atoms with Crippen molar-refractivity contribution in [1.29, 1.82) is 0 Å². The van der Waals surface area contributed by atoms with Gasteiger partial charge in [0.05, 0.1) is 7.11 Å². The third-order valence-electron chi connectivity index (χ3n) is 2.40. The zero-order valence-corrected chi connectivity index (χ0v) is 10.2. The first-order valence-electron chi connectivity index (χ1n) is 5.41. The highest BCUT2D eigenvalue weighted by molar-refractivity contribution is 5.87. The second-order valence-electron chi connectivity index (χ2n) is 3.66. The van der Waals surface area contributed by atoms with E-state index in [9.17, 15) is 9.90 Å². The first-order valence-corrected chi connectivity index (χ1v) is 5.41. The number of hydrogen-bond donors (Lipinski definition) is 2. The smallest absolute Gasteiger partial charge is 0.356 e. The van der Waals surface area contributed by atoms with Crippen molar-refractivity contribution < 1.29 is 19.4 Å². The summed E-state index contributed by atoms with van der Waals surface area (Å²) >= 11 is 0. The number of aromatic hydroxyl groups is 1. The van der Waals surface area contributed by atoms with E-state index >= 15 is 0 Å². The number of ether oxygens (including phenoxy) is 2. The van der Waals surface area contributed by atoms with Crippen molar-refractivity contribution in [2.75, 3.05) is 12.8 Å². The van der Waals surface area contributed by atoms with Gasteiger partial charge in [0.2, 0.25) is 0 Å². The van der Waals surface area contributed by atoms with Crippen LogP contribution in [0.15, 0.2) is 36.5 Å². The number of methoxy groups -OCH3 is 1. The van der Waals surface area contributed by atoms with Crippen molar-refractivity contribution in [1.82, 2.24) is 4.98 Å². The summed E-state index contributed by atoms with van der Waals surface area (Å²) in [4.78, 5) is 15.2. The highest BCUT2D eigenvalue weighted by Crippen LogP contribution is 2.33. The Balaban J connectivity index is 2.28. The quantitative estimate of drug-likeness (QED) is 0.497. The van der Waals surface area contributed by atoms with E-state index in [1.165, 1.54) is 25.4 Å². The molecule has 2 aromatic rings. The van der Waals surface area contributed by atoms with E-state index in [1.54, 1.807) is 18.2 Å². The molecule has 6 nitrogen and oxygen atoms in total. The number of esters is 1. The summed E-state index contributed by atoms with van der Waals surface area (Å²) in [6.45, 7) is 0. The molecular formula is C13H12N2O4. The van der Waals surface area contributed by atoms with E-state index in [-0.39, 0.29) is 17.1 Å². The number of phenols is 1. The van der Waals surface area contributed by atoms with E-state index in [2.05, 4.69) is 9.72 Å². The Kier molecular flexibility index (Phi) is 3.51. The average molecular weight is 260 g/mol. The Hall–Kier alpha value is -2.76. The second kappa shape index (κ2) is 5.26. The maximum atomic E-state index is 11.3. The molecule has 0 saturated heterocycles. The van der Waals surface area contributed by atoms with Crippen LogP contribution in [0.3, 0.4) is 0 Å². The molecule has 0 radical (unpaired) electrons. The Morgan fingerprint density at radius 3 is 2.89 bits per heavy atom. The molecule has 0 bridgehead atoms. The second-order valence-corrected chi connectivity index (χ2v) is 3.66.